The zero-order valence-electron chi connectivity index (χ0n) is 11.4. The van der Waals surface area contributed by atoms with Gasteiger partial charge in [-0.25, -0.2) is 0 Å². The van der Waals surface area contributed by atoms with Crippen LogP contribution in [0.2, 0.25) is 5.02 Å². The number of nitrogens with one attached hydrogen (secondary N) is 1. The lowest BCUT2D eigenvalue weighted by atomic mass is 9.84. The zero-order chi connectivity index (χ0) is 14.7. The van der Waals surface area contributed by atoms with Gasteiger partial charge in [0, 0.05) is 0 Å². The number of thiocarbonyl (C=S) groups is 1. The standard InChI is InChI=1S/C14H19ClN2OS2/c1-8-7-20-12(10(8)15)14(18)17-11(13(16)19)9-5-3-2-4-6-9/h7,9,11H,2-6H2,1H3,(H2,16,19)(H,17,18). The Bertz CT molecular complexity index is 509. The summed E-state index contributed by atoms with van der Waals surface area (Å²) < 4.78 is 0. The summed E-state index contributed by atoms with van der Waals surface area (Å²) in [5.41, 5.74) is 6.75. The minimum atomic E-state index is -0.226. The molecular formula is C14H19ClN2OS2. The molecule has 0 radical (unpaired) electrons. The molecule has 3 N–H and O–H groups in total. The van der Waals surface area contributed by atoms with Crippen LogP contribution in [0.4, 0.5) is 0 Å². The van der Waals surface area contributed by atoms with E-state index in [1.54, 1.807) is 0 Å². The van der Waals surface area contributed by atoms with Gasteiger partial charge in [0.2, 0.25) is 0 Å². The number of nitrogens with two attached hydrogens (primary N) is 1. The van der Waals surface area contributed by atoms with E-state index in [4.69, 9.17) is 29.6 Å². The van der Waals surface area contributed by atoms with Crippen LogP contribution in [0.3, 0.4) is 0 Å². The summed E-state index contributed by atoms with van der Waals surface area (Å²) in [5, 5.41) is 5.39. The van der Waals surface area contributed by atoms with Crippen LogP contribution in [0, 0.1) is 12.8 Å². The average Bonchev–Trinajstić information content (AvgIpc) is 2.77. The lowest BCUT2D eigenvalue weighted by Gasteiger charge is -2.30. The highest BCUT2D eigenvalue weighted by molar-refractivity contribution is 7.80. The number of hydrogen-bond acceptors (Lipinski definition) is 3. The molecule has 0 aromatic carbocycles. The predicted octanol–water partition coefficient (Wildman–Crippen LogP) is 3.67. The molecule has 1 amide bonds. The summed E-state index contributed by atoms with van der Waals surface area (Å²) in [6.07, 6.45) is 5.75. The van der Waals surface area contributed by atoms with Gasteiger partial charge in [0.05, 0.1) is 16.1 Å². The highest BCUT2D eigenvalue weighted by Crippen LogP contribution is 2.29. The molecule has 0 saturated heterocycles. The van der Waals surface area contributed by atoms with Crippen molar-refractivity contribution in [2.75, 3.05) is 0 Å². The first-order chi connectivity index (χ1) is 9.50. The van der Waals surface area contributed by atoms with E-state index in [-0.39, 0.29) is 11.9 Å². The Hall–Kier alpha value is -0.650. The number of rotatable bonds is 4. The number of hydrogen-bond donors (Lipinski definition) is 2. The second-order valence-corrected chi connectivity index (χ2v) is 7.04. The second kappa shape index (κ2) is 6.87. The Balaban J connectivity index is 2.09. The van der Waals surface area contributed by atoms with Crippen LogP contribution in [0.25, 0.3) is 0 Å². The van der Waals surface area contributed by atoms with E-state index in [0.717, 1.165) is 18.4 Å². The number of amides is 1. The van der Waals surface area contributed by atoms with Crippen molar-refractivity contribution in [1.29, 1.82) is 0 Å². The largest absolute Gasteiger partial charge is 0.392 e. The lowest BCUT2D eigenvalue weighted by molar-refractivity contribution is 0.0936. The van der Waals surface area contributed by atoms with Crippen LogP contribution in [0.15, 0.2) is 5.38 Å². The van der Waals surface area contributed by atoms with Gasteiger partial charge in [0.25, 0.3) is 5.91 Å². The molecule has 1 atom stereocenters. The number of thiophene rings is 1. The molecule has 1 unspecified atom stereocenters. The Morgan fingerprint density at radius 2 is 2.15 bits per heavy atom. The van der Waals surface area contributed by atoms with Gasteiger partial charge >= 0.3 is 0 Å². The molecule has 2 rings (SSSR count). The molecule has 1 aliphatic rings. The molecule has 1 aliphatic carbocycles. The van der Waals surface area contributed by atoms with Crippen molar-refractivity contribution in [2.24, 2.45) is 11.7 Å². The van der Waals surface area contributed by atoms with E-state index in [2.05, 4.69) is 5.32 Å². The number of carbonyl (C=O) groups is 1. The minimum Gasteiger partial charge on any atom is -0.392 e. The van der Waals surface area contributed by atoms with Crippen LogP contribution in [-0.4, -0.2) is 16.9 Å². The predicted molar refractivity (Wildman–Crippen MR) is 88.7 cm³/mol. The topological polar surface area (TPSA) is 55.1 Å². The third-order valence-electron chi connectivity index (χ3n) is 3.82. The quantitative estimate of drug-likeness (QED) is 0.828. The van der Waals surface area contributed by atoms with E-state index < -0.39 is 0 Å². The fourth-order valence-electron chi connectivity index (χ4n) is 2.68. The monoisotopic (exact) mass is 330 g/mol. The van der Waals surface area contributed by atoms with Crippen LogP contribution in [0.5, 0.6) is 0 Å². The third-order valence-corrected chi connectivity index (χ3v) is 5.77. The van der Waals surface area contributed by atoms with E-state index in [0.29, 0.717) is 20.8 Å². The molecule has 110 valence electrons. The normalized spacial score (nSPS) is 17.7. The van der Waals surface area contributed by atoms with Crippen molar-refractivity contribution in [3.8, 4) is 0 Å². The summed E-state index contributed by atoms with van der Waals surface area (Å²) in [6.45, 7) is 1.89. The zero-order valence-corrected chi connectivity index (χ0v) is 13.8. The average molecular weight is 331 g/mol. The molecule has 1 aromatic heterocycles. The first kappa shape index (κ1) is 15.7. The van der Waals surface area contributed by atoms with E-state index >= 15 is 0 Å². The Kier molecular flexibility index (Phi) is 5.41. The molecule has 0 bridgehead atoms. The molecule has 6 heteroatoms. The Morgan fingerprint density at radius 3 is 2.65 bits per heavy atom. The van der Waals surface area contributed by atoms with Gasteiger partial charge in [-0.15, -0.1) is 11.3 Å². The SMILES string of the molecule is Cc1csc(C(=O)NC(C(N)=S)C2CCCCC2)c1Cl. The van der Waals surface area contributed by atoms with Gasteiger partial charge < -0.3 is 11.1 Å². The Labute approximate surface area is 133 Å². The van der Waals surface area contributed by atoms with Gasteiger partial charge in [-0.3, -0.25) is 4.79 Å². The van der Waals surface area contributed by atoms with E-state index in [9.17, 15) is 4.79 Å². The molecule has 1 heterocycles. The fraction of sp³-hybridized carbons (Fsp3) is 0.571. The molecule has 1 aromatic rings. The van der Waals surface area contributed by atoms with Gasteiger partial charge in [0.15, 0.2) is 0 Å². The van der Waals surface area contributed by atoms with Crippen molar-refractivity contribution in [2.45, 2.75) is 45.1 Å². The summed E-state index contributed by atoms with van der Waals surface area (Å²) >= 11 is 12.6. The maximum absolute atomic E-state index is 12.3. The first-order valence-electron chi connectivity index (χ1n) is 6.84. The highest BCUT2D eigenvalue weighted by atomic mass is 35.5. The van der Waals surface area contributed by atoms with Gasteiger partial charge in [0.1, 0.15) is 4.88 Å². The van der Waals surface area contributed by atoms with Crippen LogP contribution >= 0.6 is 35.2 Å². The van der Waals surface area contributed by atoms with Crippen LogP contribution in [0.1, 0.15) is 47.3 Å². The van der Waals surface area contributed by atoms with Crippen molar-refractivity contribution in [3.05, 3.63) is 20.8 Å². The molecule has 0 spiro atoms. The minimum absolute atomic E-state index is 0.170. The second-order valence-electron chi connectivity index (χ2n) is 5.31. The summed E-state index contributed by atoms with van der Waals surface area (Å²) in [7, 11) is 0. The van der Waals surface area contributed by atoms with Gasteiger partial charge in [-0.1, -0.05) is 43.1 Å². The number of carbonyl (C=O) groups excluding carboxylic acids is 1. The first-order valence-corrected chi connectivity index (χ1v) is 8.51. The van der Waals surface area contributed by atoms with Crippen LogP contribution < -0.4 is 11.1 Å². The van der Waals surface area contributed by atoms with E-state index in [1.165, 1.54) is 30.6 Å². The van der Waals surface area contributed by atoms with E-state index in [1.807, 2.05) is 12.3 Å². The molecule has 20 heavy (non-hydrogen) atoms. The molecule has 0 aliphatic heterocycles. The molecular weight excluding hydrogens is 312 g/mol. The maximum Gasteiger partial charge on any atom is 0.263 e. The Morgan fingerprint density at radius 1 is 1.50 bits per heavy atom. The third kappa shape index (κ3) is 3.51. The van der Waals surface area contributed by atoms with Gasteiger partial charge in [-0.05, 0) is 36.6 Å². The lowest BCUT2D eigenvalue weighted by Crippen LogP contribution is -2.48. The fourth-order valence-corrected chi connectivity index (χ4v) is 4.11. The van der Waals surface area contributed by atoms with Crippen molar-refractivity contribution in [1.82, 2.24) is 5.32 Å². The molecule has 3 nitrogen and oxygen atoms in total. The highest BCUT2D eigenvalue weighted by Gasteiger charge is 2.28. The maximum atomic E-state index is 12.3. The van der Waals surface area contributed by atoms with Crippen molar-refractivity contribution < 1.29 is 4.79 Å². The van der Waals surface area contributed by atoms with Gasteiger partial charge in [-0.2, -0.15) is 0 Å². The number of aryl methyl sites for hydroxylation is 1. The van der Waals surface area contributed by atoms with Crippen molar-refractivity contribution in [3.63, 3.8) is 0 Å². The summed E-state index contributed by atoms with van der Waals surface area (Å²) in [5.74, 6) is 0.182. The summed E-state index contributed by atoms with van der Waals surface area (Å²) in [6, 6.07) is -0.226. The number of halogens is 1. The molecule has 1 saturated carbocycles. The van der Waals surface area contributed by atoms with Crippen LogP contribution in [-0.2, 0) is 0 Å². The smallest absolute Gasteiger partial charge is 0.263 e. The summed E-state index contributed by atoms with van der Waals surface area (Å²) in [4.78, 5) is 13.2. The molecule has 1 fully saturated rings. The van der Waals surface area contributed by atoms with Crippen molar-refractivity contribution >= 4 is 46.1 Å².